The number of rotatable bonds is 27. The van der Waals surface area contributed by atoms with Crippen LogP contribution in [0.2, 0.25) is 0 Å². The Hall–Kier alpha value is -3.40. The predicted octanol–water partition coefficient (Wildman–Crippen LogP) is 2.41. The number of ketones is 1. The van der Waals surface area contributed by atoms with E-state index in [0.717, 1.165) is 31.8 Å². The van der Waals surface area contributed by atoms with Crippen molar-refractivity contribution in [2.45, 2.75) is 97.2 Å². The molecule has 0 aromatic carbocycles. The van der Waals surface area contributed by atoms with Gasteiger partial charge in [-0.05, 0) is 64.2 Å². The number of Topliss-reactive ketones (excluding diaryl/α,β-unsaturated/α-hetero) is 1. The maximum atomic E-state index is 12.5. The molecule has 1 aliphatic rings. The molecule has 1 rings (SSSR count). The molecule has 0 radical (unpaired) electrons. The summed E-state index contributed by atoms with van der Waals surface area (Å²) in [4.78, 5) is 71.6. The topological polar surface area (TPSA) is 207 Å². The van der Waals surface area contributed by atoms with E-state index >= 15 is 0 Å². The van der Waals surface area contributed by atoms with Crippen LogP contribution in [0.1, 0.15) is 85.0 Å². The van der Waals surface area contributed by atoms with Crippen LogP contribution in [0.4, 0.5) is 0 Å². The molecule has 286 valence electrons. The van der Waals surface area contributed by atoms with Crippen LogP contribution in [0.25, 0.3) is 0 Å². The number of carbonyl (C=O) groups excluding carboxylic acids is 6. The Balaban J connectivity index is 2.15. The van der Waals surface area contributed by atoms with Gasteiger partial charge in [-0.3, -0.25) is 24.0 Å². The fourth-order valence-corrected chi connectivity index (χ4v) is 5.38. The molecule has 2 N–H and O–H groups in total. The van der Waals surface area contributed by atoms with E-state index in [2.05, 4.69) is 6.58 Å². The summed E-state index contributed by atoms with van der Waals surface area (Å²) in [6.07, 6.45) is 2.87. The van der Waals surface area contributed by atoms with E-state index in [0.29, 0.717) is 31.5 Å². The summed E-state index contributed by atoms with van der Waals surface area (Å²) in [7, 11) is 0. The summed E-state index contributed by atoms with van der Waals surface area (Å²) in [5, 5.41) is 20.1. The molecule has 0 aromatic heterocycles. The molecule has 0 spiro atoms. The van der Waals surface area contributed by atoms with Gasteiger partial charge in [0.1, 0.15) is 49.8 Å². The molecular weight excluding hydrogens is 660 g/mol. The SMILES string of the molecule is C=CC(=O)OCCC(=O)OCC(O)COCC1CCC(COCC(O)COC(=O)CCOC(=O)CCC(CCC)(C(C)=O)C(=O)OCC)CC1. The summed E-state index contributed by atoms with van der Waals surface area (Å²) in [6.45, 7) is 8.21. The lowest BCUT2D eigenvalue weighted by Gasteiger charge is -2.28. The second kappa shape index (κ2) is 25.5. The van der Waals surface area contributed by atoms with Gasteiger partial charge in [0.05, 0.1) is 32.7 Å². The second-order valence-corrected chi connectivity index (χ2v) is 12.3. The molecule has 1 fully saturated rings. The fourth-order valence-electron chi connectivity index (χ4n) is 5.38. The van der Waals surface area contributed by atoms with Gasteiger partial charge >= 0.3 is 29.8 Å². The average molecular weight is 717 g/mol. The van der Waals surface area contributed by atoms with E-state index in [-0.39, 0.29) is 84.1 Å². The molecule has 0 aromatic rings. The first-order valence-corrected chi connectivity index (χ1v) is 17.3. The van der Waals surface area contributed by atoms with Crippen molar-refractivity contribution >= 4 is 35.6 Å². The summed E-state index contributed by atoms with van der Waals surface area (Å²) < 4.78 is 36.1. The number of carbonyl (C=O) groups is 6. The Kier molecular flexibility index (Phi) is 22.8. The lowest BCUT2D eigenvalue weighted by atomic mass is 9.76. The van der Waals surface area contributed by atoms with Crippen molar-refractivity contribution in [2.75, 3.05) is 59.5 Å². The summed E-state index contributed by atoms with van der Waals surface area (Å²) in [5.41, 5.74) is -1.41. The Morgan fingerprint density at radius 1 is 0.700 bits per heavy atom. The summed E-state index contributed by atoms with van der Waals surface area (Å²) in [6, 6.07) is 0. The number of ether oxygens (including phenoxy) is 7. The molecule has 0 heterocycles. The molecule has 1 aliphatic carbocycles. The minimum atomic E-state index is -1.41. The van der Waals surface area contributed by atoms with Gasteiger partial charge in [-0.25, -0.2) is 4.79 Å². The van der Waals surface area contributed by atoms with Crippen LogP contribution >= 0.6 is 0 Å². The molecule has 15 heteroatoms. The van der Waals surface area contributed by atoms with Crippen LogP contribution in [0, 0.1) is 17.3 Å². The maximum absolute atomic E-state index is 12.5. The van der Waals surface area contributed by atoms with Crippen molar-refractivity contribution in [1.82, 2.24) is 0 Å². The van der Waals surface area contributed by atoms with Crippen molar-refractivity contribution < 1.29 is 72.1 Å². The van der Waals surface area contributed by atoms with Crippen LogP contribution in [0.5, 0.6) is 0 Å². The molecule has 0 aliphatic heterocycles. The van der Waals surface area contributed by atoms with Crippen molar-refractivity contribution in [3.8, 4) is 0 Å². The van der Waals surface area contributed by atoms with Gasteiger partial charge in [0, 0.05) is 25.7 Å². The van der Waals surface area contributed by atoms with E-state index in [1.54, 1.807) is 6.92 Å². The fraction of sp³-hybridized carbons (Fsp3) is 0.771. The lowest BCUT2D eigenvalue weighted by Crippen LogP contribution is -2.40. The molecule has 15 nitrogen and oxygen atoms in total. The first-order chi connectivity index (χ1) is 23.9. The number of hydrogen-bond donors (Lipinski definition) is 2. The Bertz CT molecular complexity index is 1070. The third kappa shape index (κ3) is 18.6. The van der Waals surface area contributed by atoms with Gasteiger partial charge in [0.2, 0.25) is 0 Å². The molecular formula is C35H56O15. The van der Waals surface area contributed by atoms with E-state index in [1.165, 1.54) is 6.92 Å². The normalized spacial score (nSPS) is 18.1. The molecule has 3 atom stereocenters. The quantitative estimate of drug-likeness (QED) is 0.0542. The molecule has 0 saturated heterocycles. The standard InChI is InChI=1S/C35H56O15/c1-5-15-35(25(4)36,34(43)46-7-3)16-12-31(40)48-18-14-33(42)50-24-29(38)22-45-20-27-10-8-26(9-11-27)19-44-21-28(37)23-49-32(41)13-17-47-30(39)6-2/h6,26-29,37-38H,2,5,7-24H2,1,3-4H3. The first-order valence-electron chi connectivity index (χ1n) is 17.3. The van der Waals surface area contributed by atoms with E-state index < -0.39 is 47.5 Å². The van der Waals surface area contributed by atoms with Gasteiger partial charge in [-0.15, -0.1) is 0 Å². The Labute approximate surface area is 294 Å². The minimum absolute atomic E-state index is 0.0101. The van der Waals surface area contributed by atoms with Crippen molar-refractivity contribution in [3.63, 3.8) is 0 Å². The zero-order valence-corrected chi connectivity index (χ0v) is 29.7. The monoisotopic (exact) mass is 716 g/mol. The highest BCUT2D eigenvalue weighted by molar-refractivity contribution is 6.03. The molecule has 1 saturated carbocycles. The molecule has 3 unspecified atom stereocenters. The van der Waals surface area contributed by atoms with Gasteiger partial charge < -0.3 is 43.4 Å². The lowest BCUT2D eigenvalue weighted by molar-refractivity contribution is -0.161. The Morgan fingerprint density at radius 3 is 1.62 bits per heavy atom. The van der Waals surface area contributed by atoms with Crippen molar-refractivity contribution in [1.29, 1.82) is 0 Å². The van der Waals surface area contributed by atoms with E-state index in [1.807, 2.05) is 6.92 Å². The first kappa shape index (κ1) is 44.6. The molecule has 0 amide bonds. The van der Waals surface area contributed by atoms with Gasteiger partial charge in [0.15, 0.2) is 0 Å². The van der Waals surface area contributed by atoms with Gasteiger partial charge in [-0.1, -0.05) is 19.9 Å². The third-order valence-electron chi connectivity index (χ3n) is 8.23. The number of esters is 5. The van der Waals surface area contributed by atoms with Crippen LogP contribution in [0.15, 0.2) is 12.7 Å². The zero-order valence-electron chi connectivity index (χ0n) is 29.7. The zero-order chi connectivity index (χ0) is 37.4. The van der Waals surface area contributed by atoms with Crippen LogP contribution in [-0.4, -0.2) is 118 Å². The Morgan fingerprint density at radius 2 is 1.18 bits per heavy atom. The second-order valence-electron chi connectivity index (χ2n) is 12.3. The van der Waals surface area contributed by atoms with E-state index in [4.69, 9.17) is 33.2 Å². The minimum Gasteiger partial charge on any atom is -0.465 e. The third-order valence-corrected chi connectivity index (χ3v) is 8.23. The van der Waals surface area contributed by atoms with Gasteiger partial charge in [0.25, 0.3) is 0 Å². The van der Waals surface area contributed by atoms with Crippen LogP contribution < -0.4 is 0 Å². The number of aliphatic hydroxyl groups excluding tert-OH is 2. The number of hydrogen-bond acceptors (Lipinski definition) is 15. The predicted molar refractivity (Wildman–Crippen MR) is 176 cm³/mol. The highest BCUT2D eigenvalue weighted by atomic mass is 16.6. The maximum Gasteiger partial charge on any atom is 0.330 e. The van der Waals surface area contributed by atoms with Gasteiger partial charge in [-0.2, -0.15) is 0 Å². The molecule has 50 heavy (non-hydrogen) atoms. The largest absolute Gasteiger partial charge is 0.465 e. The highest BCUT2D eigenvalue weighted by Crippen LogP contribution is 2.33. The van der Waals surface area contributed by atoms with E-state index in [9.17, 15) is 39.0 Å². The average Bonchev–Trinajstić information content (AvgIpc) is 3.08. The highest BCUT2D eigenvalue weighted by Gasteiger charge is 2.44. The molecule has 0 bridgehead atoms. The summed E-state index contributed by atoms with van der Waals surface area (Å²) >= 11 is 0. The number of aliphatic hydroxyl groups is 2. The van der Waals surface area contributed by atoms with Crippen molar-refractivity contribution in [3.05, 3.63) is 12.7 Å². The summed E-state index contributed by atoms with van der Waals surface area (Å²) in [5.74, 6) is -2.93. The van der Waals surface area contributed by atoms with Crippen molar-refractivity contribution in [2.24, 2.45) is 17.3 Å². The van der Waals surface area contributed by atoms with Crippen LogP contribution in [-0.2, 0) is 61.9 Å². The smallest absolute Gasteiger partial charge is 0.330 e. The van der Waals surface area contributed by atoms with Crippen LogP contribution in [0.3, 0.4) is 0 Å².